The number of aromatic nitrogens is 2. The van der Waals surface area contributed by atoms with Gasteiger partial charge in [-0.2, -0.15) is 0 Å². The van der Waals surface area contributed by atoms with E-state index in [-0.39, 0.29) is 10.8 Å². The predicted octanol–water partition coefficient (Wildman–Crippen LogP) is 5.24. The molecule has 31 heavy (non-hydrogen) atoms. The maximum atomic E-state index is 14.1. The summed E-state index contributed by atoms with van der Waals surface area (Å²) in [6.07, 6.45) is 1.75. The SMILES string of the molecule is NC(=S)Nc1ccc(Oc2ccc(-c3cnc(COc4ccccc4)[nH]3)cc2)cc1F. The molecule has 0 unspecified atom stereocenters. The Balaban J connectivity index is 1.39. The lowest BCUT2D eigenvalue weighted by molar-refractivity contribution is 0.297. The average Bonchev–Trinajstić information content (AvgIpc) is 3.24. The minimum Gasteiger partial charge on any atom is -0.486 e. The lowest BCUT2D eigenvalue weighted by Crippen LogP contribution is -2.19. The first-order chi connectivity index (χ1) is 15.1. The molecule has 0 bridgehead atoms. The van der Waals surface area contributed by atoms with Crippen molar-refractivity contribution in [3.8, 4) is 28.5 Å². The smallest absolute Gasteiger partial charge is 0.168 e. The van der Waals surface area contributed by atoms with Crippen LogP contribution in [-0.4, -0.2) is 15.1 Å². The number of ether oxygens (including phenoxy) is 2. The molecule has 4 rings (SSSR count). The van der Waals surface area contributed by atoms with Gasteiger partial charge in [0.15, 0.2) is 5.11 Å². The first-order valence-corrected chi connectivity index (χ1v) is 9.84. The number of nitrogens with one attached hydrogen (secondary N) is 2. The molecule has 0 amide bonds. The molecule has 0 saturated heterocycles. The van der Waals surface area contributed by atoms with Crippen LogP contribution >= 0.6 is 12.2 Å². The summed E-state index contributed by atoms with van der Waals surface area (Å²) < 4.78 is 25.5. The summed E-state index contributed by atoms with van der Waals surface area (Å²) in [5.41, 5.74) is 7.36. The van der Waals surface area contributed by atoms with Gasteiger partial charge in [-0.25, -0.2) is 9.37 Å². The summed E-state index contributed by atoms with van der Waals surface area (Å²) in [5, 5.41) is 2.57. The highest BCUT2D eigenvalue weighted by atomic mass is 32.1. The largest absolute Gasteiger partial charge is 0.486 e. The van der Waals surface area contributed by atoms with Crippen LogP contribution in [0.1, 0.15) is 5.82 Å². The number of nitrogens with zero attached hydrogens (tertiary/aromatic N) is 1. The van der Waals surface area contributed by atoms with Gasteiger partial charge < -0.3 is 25.5 Å². The molecular weight excluding hydrogens is 415 g/mol. The predicted molar refractivity (Wildman–Crippen MR) is 122 cm³/mol. The van der Waals surface area contributed by atoms with Crippen molar-refractivity contribution in [1.29, 1.82) is 0 Å². The van der Waals surface area contributed by atoms with Crippen molar-refractivity contribution in [2.45, 2.75) is 6.61 Å². The van der Waals surface area contributed by atoms with Crippen molar-refractivity contribution in [3.05, 3.63) is 90.6 Å². The molecule has 0 atom stereocenters. The van der Waals surface area contributed by atoms with Crippen LogP contribution in [0.3, 0.4) is 0 Å². The molecule has 4 aromatic rings. The maximum Gasteiger partial charge on any atom is 0.168 e. The van der Waals surface area contributed by atoms with Gasteiger partial charge in [0.25, 0.3) is 0 Å². The minimum atomic E-state index is -0.510. The Morgan fingerprint density at radius 3 is 2.45 bits per heavy atom. The highest BCUT2D eigenvalue weighted by molar-refractivity contribution is 7.80. The van der Waals surface area contributed by atoms with Crippen molar-refractivity contribution in [2.24, 2.45) is 5.73 Å². The second-order valence-corrected chi connectivity index (χ2v) is 7.04. The van der Waals surface area contributed by atoms with Gasteiger partial charge in [-0.15, -0.1) is 0 Å². The van der Waals surface area contributed by atoms with E-state index in [2.05, 4.69) is 15.3 Å². The number of imidazole rings is 1. The third-order valence-corrected chi connectivity index (χ3v) is 4.45. The monoisotopic (exact) mass is 434 g/mol. The molecular formula is C23H19FN4O2S. The number of benzene rings is 3. The van der Waals surface area contributed by atoms with Crippen LogP contribution in [0.15, 0.2) is 79.0 Å². The van der Waals surface area contributed by atoms with Crippen LogP contribution in [0.25, 0.3) is 11.3 Å². The number of nitrogens with two attached hydrogens (primary N) is 1. The quantitative estimate of drug-likeness (QED) is 0.345. The minimum absolute atomic E-state index is 0.00301. The number of aromatic amines is 1. The first-order valence-electron chi connectivity index (χ1n) is 9.43. The standard InChI is InChI=1S/C23H19FN4O2S/c24-19-12-18(10-11-20(19)28-23(25)31)30-17-8-6-15(7-9-17)21-13-26-22(27-21)14-29-16-4-2-1-3-5-16/h1-13H,14H2,(H,26,27)(H3,25,28,31). The summed E-state index contributed by atoms with van der Waals surface area (Å²) in [4.78, 5) is 7.60. The van der Waals surface area contributed by atoms with E-state index in [0.29, 0.717) is 18.1 Å². The number of para-hydroxylation sites is 1. The number of hydrogen-bond donors (Lipinski definition) is 3. The van der Waals surface area contributed by atoms with Crippen molar-refractivity contribution in [1.82, 2.24) is 9.97 Å². The zero-order valence-electron chi connectivity index (χ0n) is 16.3. The van der Waals surface area contributed by atoms with Crippen molar-refractivity contribution in [2.75, 3.05) is 5.32 Å². The van der Waals surface area contributed by atoms with Crippen molar-refractivity contribution in [3.63, 3.8) is 0 Å². The fourth-order valence-electron chi connectivity index (χ4n) is 2.88. The topological polar surface area (TPSA) is 85.2 Å². The summed E-state index contributed by atoms with van der Waals surface area (Å²) in [6.45, 7) is 0.344. The Morgan fingerprint density at radius 1 is 1.00 bits per heavy atom. The Bertz CT molecular complexity index is 1180. The molecule has 0 aliphatic rings. The van der Waals surface area contributed by atoms with Crippen molar-refractivity contribution >= 4 is 23.0 Å². The number of thiocarbonyl (C=S) groups is 1. The summed E-state index contributed by atoms with van der Waals surface area (Å²) >= 11 is 4.72. The zero-order chi connectivity index (χ0) is 21.6. The number of anilines is 1. The first kappa shape index (κ1) is 20.4. The molecule has 0 fully saturated rings. The molecule has 156 valence electrons. The molecule has 0 aliphatic carbocycles. The number of halogens is 1. The normalized spacial score (nSPS) is 10.5. The number of hydrogen-bond acceptors (Lipinski definition) is 4. The highest BCUT2D eigenvalue weighted by Crippen LogP contribution is 2.27. The van der Waals surface area contributed by atoms with Crippen LogP contribution in [0.2, 0.25) is 0 Å². The molecule has 8 heteroatoms. The molecule has 0 aliphatic heterocycles. The summed E-state index contributed by atoms with van der Waals surface area (Å²) in [6, 6.07) is 21.4. The molecule has 4 N–H and O–H groups in total. The van der Waals surface area contributed by atoms with Crippen LogP contribution in [0, 0.1) is 5.82 Å². The summed E-state index contributed by atoms with van der Waals surface area (Å²) in [7, 11) is 0. The highest BCUT2D eigenvalue weighted by Gasteiger charge is 2.08. The average molecular weight is 434 g/mol. The maximum absolute atomic E-state index is 14.1. The van der Waals surface area contributed by atoms with E-state index >= 15 is 0 Å². The fourth-order valence-corrected chi connectivity index (χ4v) is 2.99. The Labute approximate surface area is 183 Å². The lowest BCUT2D eigenvalue weighted by atomic mass is 10.1. The van der Waals surface area contributed by atoms with Gasteiger partial charge in [0.1, 0.15) is 35.5 Å². The second-order valence-electron chi connectivity index (χ2n) is 6.60. The molecule has 1 heterocycles. The number of rotatable bonds is 7. The Hall–Kier alpha value is -3.91. The summed E-state index contributed by atoms with van der Waals surface area (Å²) in [5.74, 6) is 1.93. The zero-order valence-corrected chi connectivity index (χ0v) is 17.2. The van der Waals surface area contributed by atoms with E-state index in [0.717, 1.165) is 22.8 Å². The van der Waals surface area contributed by atoms with Gasteiger partial charge in [-0.05, 0) is 66.3 Å². The molecule has 1 aromatic heterocycles. The Morgan fingerprint density at radius 2 is 1.74 bits per heavy atom. The van der Waals surface area contributed by atoms with E-state index in [1.165, 1.54) is 12.1 Å². The second kappa shape index (κ2) is 9.27. The molecule has 6 nitrogen and oxygen atoms in total. The van der Waals surface area contributed by atoms with Crippen LogP contribution < -0.4 is 20.5 Å². The van der Waals surface area contributed by atoms with Crippen LogP contribution in [0.5, 0.6) is 17.2 Å². The molecule has 0 spiro atoms. The van der Waals surface area contributed by atoms with E-state index < -0.39 is 5.82 Å². The fraction of sp³-hybridized carbons (Fsp3) is 0.0435. The van der Waals surface area contributed by atoms with Gasteiger partial charge in [0, 0.05) is 6.07 Å². The van der Waals surface area contributed by atoms with Gasteiger partial charge in [-0.1, -0.05) is 18.2 Å². The lowest BCUT2D eigenvalue weighted by Gasteiger charge is -2.09. The molecule has 0 radical (unpaired) electrons. The van der Waals surface area contributed by atoms with Gasteiger partial charge in [0.05, 0.1) is 17.6 Å². The van der Waals surface area contributed by atoms with Crippen molar-refractivity contribution < 1.29 is 13.9 Å². The van der Waals surface area contributed by atoms with Gasteiger partial charge >= 0.3 is 0 Å². The third-order valence-electron chi connectivity index (χ3n) is 4.35. The van der Waals surface area contributed by atoms with Crippen LogP contribution in [-0.2, 0) is 6.61 Å². The van der Waals surface area contributed by atoms with E-state index in [1.54, 1.807) is 24.4 Å². The van der Waals surface area contributed by atoms with E-state index in [1.807, 2.05) is 42.5 Å². The van der Waals surface area contributed by atoms with E-state index in [4.69, 9.17) is 27.4 Å². The number of H-pyrrole nitrogens is 1. The van der Waals surface area contributed by atoms with Gasteiger partial charge in [-0.3, -0.25) is 0 Å². The van der Waals surface area contributed by atoms with Gasteiger partial charge in [0.2, 0.25) is 0 Å². The van der Waals surface area contributed by atoms with Crippen LogP contribution in [0.4, 0.5) is 10.1 Å². The van der Waals surface area contributed by atoms with E-state index in [9.17, 15) is 4.39 Å². The molecule has 3 aromatic carbocycles. The molecule has 0 saturated carbocycles. The Kier molecular flexibility index (Phi) is 6.09. The third kappa shape index (κ3) is 5.37.